The van der Waals surface area contributed by atoms with Crippen molar-refractivity contribution in [3.05, 3.63) is 34.9 Å². The topological polar surface area (TPSA) is 37.4 Å². The number of benzene rings is 1. The first-order valence-corrected chi connectivity index (χ1v) is 6.60. The molecule has 1 atom stereocenters. The van der Waals surface area contributed by atoms with Crippen LogP contribution in [-0.4, -0.2) is 29.2 Å². The van der Waals surface area contributed by atoms with Crippen LogP contribution in [0.15, 0.2) is 24.3 Å². The smallest absolute Gasteiger partial charge is 0.222 e. The minimum Gasteiger partial charge on any atom is -0.332 e. The molecule has 1 saturated heterocycles. The lowest BCUT2D eigenvalue weighted by Gasteiger charge is -2.23. The van der Waals surface area contributed by atoms with Crippen LogP contribution in [0, 0.1) is 0 Å². The Labute approximate surface area is 112 Å². The van der Waals surface area contributed by atoms with Crippen LogP contribution >= 0.6 is 11.6 Å². The zero-order chi connectivity index (χ0) is 13.1. The van der Waals surface area contributed by atoms with Crippen molar-refractivity contribution in [2.24, 2.45) is 0 Å². The van der Waals surface area contributed by atoms with Gasteiger partial charge in [-0.3, -0.25) is 9.59 Å². The van der Waals surface area contributed by atoms with Crippen molar-refractivity contribution in [1.82, 2.24) is 4.90 Å². The van der Waals surface area contributed by atoms with Crippen LogP contribution in [0.2, 0.25) is 5.02 Å². The number of hydrogen-bond acceptors (Lipinski definition) is 2. The fourth-order valence-corrected chi connectivity index (χ4v) is 2.47. The minimum atomic E-state index is -0.293. The average Bonchev–Trinajstić information content (AvgIpc) is 2.87. The molecule has 1 aromatic rings. The highest BCUT2D eigenvalue weighted by Gasteiger charge is 2.33. The first-order chi connectivity index (χ1) is 8.63. The molecule has 1 aliphatic rings. The summed E-state index contributed by atoms with van der Waals surface area (Å²) in [5.41, 5.74) is 0.625. The van der Waals surface area contributed by atoms with Gasteiger partial charge in [0, 0.05) is 23.6 Å². The Balaban J connectivity index is 2.17. The van der Waals surface area contributed by atoms with E-state index in [1.54, 1.807) is 29.2 Å². The number of Topliss-reactive ketones (excluding diaryl/α,β-unsaturated/α-hetero) is 1. The monoisotopic (exact) mass is 265 g/mol. The van der Waals surface area contributed by atoms with Gasteiger partial charge in [-0.15, -0.1) is 0 Å². The van der Waals surface area contributed by atoms with E-state index in [1.807, 2.05) is 6.92 Å². The molecule has 2 rings (SSSR count). The molecule has 1 aliphatic heterocycles. The Hall–Kier alpha value is -1.35. The molecule has 1 aromatic carbocycles. The zero-order valence-electron chi connectivity index (χ0n) is 10.4. The summed E-state index contributed by atoms with van der Waals surface area (Å²) < 4.78 is 0. The zero-order valence-corrected chi connectivity index (χ0v) is 11.1. The normalized spacial score (nSPS) is 19.0. The first kappa shape index (κ1) is 13.1. The van der Waals surface area contributed by atoms with E-state index >= 15 is 0 Å². The summed E-state index contributed by atoms with van der Waals surface area (Å²) in [4.78, 5) is 25.8. The van der Waals surface area contributed by atoms with Gasteiger partial charge in [0.2, 0.25) is 5.91 Å². The second-order valence-corrected chi connectivity index (χ2v) is 4.91. The van der Waals surface area contributed by atoms with E-state index in [0.29, 0.717) is 23.6 Å². The Morgan fingerprint density at radius 3 is 2.61 bits per heavy atom. The van der Waals surface area contributed by atoms with Gasteiger partial charge in [-0.1, -0.05) is 18.5 Å². The summed E-state index contributed by atoms with van der Waals surface area (Å²) >= 11 is 5.80. The highest BCUT2D eigenvalue weighted by molar-refractivity contribution is 6.30. The molecular weight excluding hydrogens is 250 g/mol. The lowest BCUT2D eigenvalue weighted by atomic mass is 10.0. The summed E-state index contributed by atoms with van der Waals surface area (Å²) in [6.45, 7) is 2.52. The molecule has 0 radical (unpaired) electrons. The predicted molar refractivity (Wildman–Crippen MR) is 70.8 cm³/mol. The number of carbonyl (C=O) groups excluding carboxylic acids is 2. The summed E-state index contributed by atoms with van der Waals surface area (Å²) in [5.74, 6) is 0.0748. The third kappa shape index (κ3) is 2.56. The summed E-state index contributed by atoms with van der Waals surface area (Å²) in [5, 5.41) is 0.611. The van der Waals surface area contributed by atoms with Crippen molar-refractivity contribution in [1.29, 1.82) is 0 Å². The van der Waals surface area contributed by atoms with Gasteiger partial charge in [0.1, 0.15) is 0 Å². The summed E-state index contributed by atoms with van der Waals surface area (Å²) in [6, 6.07) is 6.55. The van der Waals surface area contributed by atoms with Crippen molar-refractivity contribution < 1.29 is 9.59 Å². The van der Waals surface area contributed by atoms with E-state index in [1.165, 1.54) is 0 Å². The number of likely N-dealkylation sites (tertiary alicyclic amines) is 1. The molecular formula is C14H16ClNO2. The Kier molecular flexibility index (Phi) is 4.02. The number of ketones is 1. The molecule has 0 aromatic heterocycles. The number of nitrogens with zero attached hydrogens (tertiary/aromatic N) is 1. The van der Waals surface area contributed by atoms with Crippen LogP contribution in [0.4, 0.5) is 0 Å². The maximum atomic E-state index is 12.4. The summed E-state index contributed by atoms with van der Waals surface area (Å²) in [7, 11) is 0. The minimum absolute atomic E-state index is 0.0194. The van der Waals surface area contributed by atoms with Gasteiger partial charge in [0.05, 0.1) is 6.04 Å². The SMILES string of the molecule is CCC(=O)N1CCCC1C(=O)c1ccc(Cl)cc1. The Bertz CT molecular complexity index is 455. The molecule has 0 bridgehead atoms. The number of hydrogen-bond donors (Lipinski definition) is 0. The molecule has 96 valence electrons. The second-order valence-electron chi connectivity index (χ2n) is 4.47. The van der Waals surface area contributed by atoms with E-state index in [4.69, 9.17) is 11.6 Å². The lowest BCUT2D eigenvalue weighted by molar-refractivity contribution is -0.131. The standard InChI is InChI=1S/C14H16ClNO2/c1-2-13(17)16-9-3-4-12(16)14(18)10-5-7-11(15)8-6-10/h5-8,12H,2-4,9H2,1H3. The molecule has 0 aliphatic carbocycles. The molecule has 1 unspecified atom stereocenters. The van der Waals surface area contributed by atoms with Crippen LogP contribution in [0.1, 0.15) is 36.5 Å². The third-order valence-electron chi connectivity index (χ3n) is 3.31. The van der Waals surface area contributed by atoms with Crippen molar-refractivity contribution in [2.45, 2.75) is 32.2 Å². The van der Waals surface area contributed by atoms with Crippen molar-refractivity contribution in [3.8, 4) is 0 Å². The Morgan fingerprint density at radius 2 is 2.00 bits per heavy atom. The van der Waals surface area contributed by atoms with Gasteiger partial charge < -0.3 is 4.90 Å². The van der Waals surface area contributed by atoms with E-state index in [2.05, 4.69) is 0 Å². The van der Waals surface area contributed by atoms with Crippen molar-refractivity contribution in [2.75, 3.05) is 6.54 Å². The maximum absolute atomic E-state index is 12.4. The van der Waals surface area contributed by atoms with Gasteiger partial charge in [0.15, 0.2) is 5.78 Å². The Morgan fingerprint density at radius 1 is 1.33 bits per heavy atom. The quantitative estimate of drug-likeness (QED) is 0.788. The highest BCUT2D eigenvalue weighted by Crippen LogP contribution is 2.22. The molecule has 0 spiro atoms. The van der Waals surface area contributed by atoms with E-state index in [-0.39, 0.29) is 17.7 Å². The van der Waals surface area contributed by atoms with E-state index in [0.717, 1.165) is 12.8 Å². The molecule has 0 N–H and O–H groups in total. The lowest BCUT2D eigenvalue weighted by Crippen LogP contribution is -2.40. The molecule has 18 heavy (non-hydrogen) atoms. The van der Waals surface area contributed by atoms with E-state index < -0.39 is 0 Å². The maximum Gasteiger partial charge on any atom is 0.222 e. The van der Waals surface area contributed by atoms with Crippen LogP contribution in [0.3, 0.4) is 0 Å². The molecule has 1 heterocycles. The molecule has 1 amide bonds. The van der Waals surface area contributed by atoms with Gasteiger partial charge in [-0.05, 0) is 37.1 Å². The van der Waals surface area contributed by atoms with Crippen molar-refractivity contribution >= 4 is 23.3 Å². The predicted octanol–water partition coefficient (Wildman–Crippen LogP) is 2.92. The molecule has 3 nitrogen and oxygen atoms in total. The van der Waals surface area contributed by atoms with Gasteiger partial charge in [-0.2, -0.15) is 0 Å². The number of rotatable bonds is 3. The number of halogens is 1. The van der Waals surface area contributed by atoms with Crippen LogP contribution < -0.4 is 0 Å². The first-order valence-electron chi connectivity index (χ1n) is 6.22. The van der Waals surface area contributed by atoms with Crippen LogP contribution in [0.5, 0.6) is 0 Å². The average molecular weight is 266 g/mol. The summed E-state index contributed by atoms with van der Waals surface area (Å²) in [6.07, 6.45) is 2.10. The van der Waals surface area contributed by atoms with E-state index in [9.17, 15) is 9.59 Å². The largest absolute Gasteiger partial charge is 0.332 e. The van der Waals surface area contributed by atoms with Gasteiger partial charge >= 0.3 is 0 Å². The van der Waals surface area contributed by atoms with Gasteiger partial charge in [0.25, 0.3) is 0 Å². The van der Waals surface area contributed by atoms with Crippen molar-refractivity contribution in [3.63, 3.8) is 0 Å². The third-order valence-corrected chi connectivity index (χ3v) is 3.56. The number of amides is 1. The molecule has 0 saturated carbocycles. The highest BCUT2D eigenvalue weighted by atomic mass is 35.5. The fourth-order valence-electron chi connectivity index (χ4n) is 2.35. The second kappa shape index (κ2) is 5.53. The molecule has 4 heteroatoms. The fraction of sp³-hybridized carbons (Fsp3) is 0.429. The molecule has 1 fully saturated rings. The van der Waals surface area contributed by atoms with Crippen LogP contribution in [-0.2, 0) is 4.79 Å². The van der Waals surface area contributed by atoms with Gasteiger partial charge in [-0.25, -0.2) is 0 Å². The number of carbonyl (C=O) groups is 2. The van der Waals surface area contributed by atoms with Crippen LogP contribution in [0.25, 0.3) is 0 Å².